The molecule has 1 aromatic heterocycles. The highest BCUT2D eigenvalue weighted by Gasteiger charge is 2.48. The van der Waals surface area contributed by atoms with Crippen molar-refractivity contribution in [1.29, 1.82) is 0 Å². The summed E-state index contributed by atoms with van der Waals surface area (Å²) < 4.78 is 13.4. The minimum Gasteiger partial charge on any atom is -0.369 e. The molecule has 3 aromatic rings. The number of hydrogen-bond acceptors (Lipinski definition) is 5. The lowest BCUT2D eigenvalue weighted by Gasteiger charge is -2.20. The van der Waals surface area contributed by atoms with Crippen LogP contribution in [0.25, 0.3) is 5.69 Å². The second kappa shape index (κ2) is 7.23. The summed E-state index contributed by atoms with van der Waals surface area (Å²) in [6, 6.07) is 18.6. The maximum absolute atomic E-state index is 6.02. The molecule has 0 bridgehead atoms. The molecule has 0 spiro atoms. The van der Waals surface area contributed by atoms with Gasteiger partial charge in [-0.1, -0.05) is 47.7 Å². The van der Waals surface area contributed by atoms with E-state index in [1.807, 2.05) is 29.1 Å². The first-order valence-corrected chi connectivity index (χ1v) is 9.37. The van der Waals surface area contributed by atoms with Crippen LogP contribution in [0.2, 0.25) is 0 Å². The molecule has 0 unspecified atom stereocenters. The van der Waals surface area contributed by atoms with Gasteiger partial charge in [0.1, 0.15) is 6.10 Å². The maximum atomic E-state index is 6.02. The van der Waals surface area contributed by atoms with Crippen molar-refractivity contribution < 1.29 is 9.47 Å². The number of piperidine rings is 1. The first-order valence-electron chi connectivity index (χ1n) is 9.37. The molecule has 5 rings (SSSR count). The topological polar surface area (TPSA) is 64.5 Å². The third-order valence-corrected chi connectivity index (χ3v) is 5.11. The van der Waals surface area contributed by atoms with Crippen LogP contribution in [-0.2, 0) is 22.5 Å². The SMILES string of the molecule is c1ccc(Cc2cn(-c3ccc(CO[C@@H]4CNC[C@H]5O[C@@H]45)cc3)nn2)cc1. The fourth-order valence-electron chi connectivity index (χ4n) is 3.54. The Morgan fingerprint density at radius 1 is 1.04 bits per heavy atom. The second-order valence-corrected chi connectivity index (χ2v) is 7.13. The summed E-state index contributed by atoms with van der Waals surface area (Å²) in [7, 11) is 0. The minimum absolute atomic E-state index is 0.152. The summed E-state index contributed by atoms with van der Waals surface area (Å²) in [4.78, 5) is 0. The number of aromatic nitrogens is 3. The fraction of sp³-hybridized carbons (Fsp3) is 0.333. The molecule has 27 heavy (non-hydrogen) atoms. The zero-order chi connectivity index (χ0) is 18.1. The van der Waals surface area contributed by atoms with Gasteiger partial charge in [0.15, 0.2) is 0 Å². The Balaban J connectivity index is 1.20. The zero-order valence-electron chi connectivity index (χ0n) is 15.0. The number of rotatable bonds is 6. The lowest BCUT2D eigenvalue weighted by Crippen LogP contribution is -2.41. The Hall–Kier alpha value is -2.54. The van der Waals surface area contributed by atoms with Gasteiger partial charge in [0.25, 0.3) is 0 Å². The van der Waals surface area contributed by atoms with Crippen LogP contribution in [0.15, 0.2) is 60.8 Å². The Labute approximate surface area is 158 Å². The van der Waals surface area contributed by atoms with Gasteiger partial charge in [-0.05, 0) is 23.3 Å². The highest BCUT2D eigenvalue weighted by molar-refractivity contribution is 5.34. The van der Waals surface area contributed by atoms with Crippen molar-refractivity contribution in [3.63, 3.8) is 0 Å². The largest absolute Gasteiger partial charge is 0.369 e. The van der Waals surface area contributed by atoms with E-state index in [9.17, 15) is 0 Å². The molecule has 0 aliphatic carbocycles. The van der Waals surface area contributed by atoms with Crippen LogP contribution in [-0.4, -0.2) is 46.4 Å². The molecule has 0 radical (unpaired) electrons. The molecule has 2 aliphatic rings. The number of epoxide rings is 1. The van der Waals surface area contributed by atoms with Crippen LogP contribution in [0.3, 0.4) is 0 Å². The number of nitrogens with zero attached hydrogens (tertiary/aromatic N) is 3. The van der Waals surface area contributed by atoms with Gasteiger partial charge in [-0.25, -0.2) is 4.68 Å². The summed E-state index contributed by atoms with van der Waals surface area (Å²) in [5.41, 5.74) is 4.33. The number of benzene rings is 2. The van der Waals surface area contributed by atoms with Gasteiger partial charge < -0.3 is 14.8 Å². The predicted octanol–water partition coefficient (Wildman–Crippen LogP) is 2.11. The van der Waals surface area contributed by atoms with E-state index >= 15 is 0 Å². The third kappa shape index (κ3) is 3.78. The van der Waals surface area contributed by atoms with Gasteiger partial charge in [0.05, 0.1) is 36.4 Å². The van der Waals surface area contributed by atoms with Crippen molar-refractivity contribution >= 4 is 0 Å². The first kappa shape index (κ1) is 16.6. The molecule has 6 nitrogen and oxygen atoms in total. The lowest BCUT2D eigenvalue weighted by molar-refractivity contribution is 0.0211. The molecular formula is C21H22N4O2. The van der Waals surface area contributed by atoms with E-state index in [1.54, 1.807) is 0 Å². The average Bonchev–Trinajstić information content (AvgIpc) is 3.38. The first-order chi connectivity index (χ1) is 13.3. The van der Waals surface area contributed by atoms with Crippen molar-refractivity contribution in [2.24, 2.45) is 0 Å². The molecule has 0 amide bonds. The van der Waals surface area contributed by atoms with E-state index in [0.29, 0.717) is 12.7 Å². The van der Waals surface area contributed by atoms with Gasteiger partial charge in [-0.2, -0.15) is 0 Å². The smallest absolute Gasteiger partial charge is 0.113 e. The Morgan fingerprint density at radius 2 is 1.89 bits per heavy atom. The van der Waals surface area contributed by atoms with Crippen molar-refractivity contribution in [3.8, 4) is 5.69 Å². The molecule has 2 aliphatic heterocycles. The van der Waals surface area contributed by atoms with Crippen molar-refractivity contribution in [1.82, 2.24) is 20.3 Å². The summed E-state index contributed by atoms with van der Waals surface area (Å²) in [6.07, 6.45) is 3.55. The van der Waals surface area contributed by atoms with E-state index in [0.717, 1.165) is 36.5 Å². The summed E-state index contributed by atoms with van der Waals surface area (Å²) in [6.45, 7) is 2.40. The van der Waals surface area contributed by atoms with Crippen LogP contribution in [0.4, 0.5) is 0 Å². The second-order valence-electron chi connectivity index (χ2n) is 7.13. The fourth-order valence-corrected chi connectivity index (χ4v) is 3.54. The van der Waals surface area contributed by atoms with Crippen LogP contribution >= 0.6 is 0 Å². The van der Waals surface area contributed by atoms with Gasteiger partial charge in [-0.15, -0.1) is 5.10 Å². The summed E-state index contributed by atoms with van der Waals surface area (Å²) >= 11 is 0. The molecule has 3 heterocycles. The van der Waals surface area contributed by atoms with Crippen LogP contribution < -0.4 is 5.32 Å². The van der Waals surface area contributed by atoms with Crippen molar-refractivity contribution in [3.05, 3.63) is 77.6 Å². The Bertz CT molecular complexity index is 894. The predicted molar refractivity (Wildman–Crippen MR) is 101 cm³/mol. The molecule has 2 saturated heterocycles. The number of hydrogen-bond donors (Lipinski definition) is 1. The summed E-state index contributed by atoms with van der Waals surface area (Å²) in [5, 5.41) is 11.9. The molecule has 6 heteroatoms. The van der Waals surface area contributed by atoms with Gasteiger partial charge in [-0.3, -0.25) is 0 Å². The Morgan fingerprint density at radius 3 is 2.74 bits per heavy atom. The van der Waals surface area contributed by atoms with E-state index in [4.69, 9.17) is 9.47 Å². The van der Waals surface area contributed by atoms with E-state index in [1.165, 1.54) is 5.56 Å². The Kier molecular flexibility index (Phi) is 4.45. The van der Waals surface area contributed by atoms with Crippen molar-refractivity contribution in [2.75, 3.05) is 13.1 Å². The average molecular weight is 362 g/mol. The lowest BCUT2D eigenvalue weighted by atomic mass is 10.1. The quantitative estimate of drug-likeness (QED) is 0.681. The summed E-state index contributed by atoms with van der Waals surface area (Å²) in [5.74, 6) is 0. The standard InChI is InChI=1S/C21H22N4O2/c1-2-4-15(5-3-1)10-17-13-25(24-23-17)18-8-6-16(7-9-18)14-26-19-11-22-12-20-21(19)27-20/h1-9,13,19-22H,10-12,14H2/t19-,20-,21+/m1/s1. The van der Waals surface area contributed by atoms with E-state index in [2.05, 4.69) is 52.0 Å². The highest BCUT2D eigenvalue weighted by Crippen LogP contribution is 2.29. The molecule has 1 N–H and O–H groups in total. The molecule has 0 saturated carbocycles. The van der Waals surface area contributed by atoms with E-state index in [-0.39, 0.29) is 12.2 Å². The van der Waals surface area contributed by atoms with Gasteiger partial charge in [0, 0.05) is 19.5 Å². The van der Waals surface area contributed by atoms with Crippen molar-refractivity contribution in [2.45, 2.75) is 31.3 Å². The zero-order valence-corrected chi connectivity index (χ0v) is 15.0. The van der Waals surface area contributed by atoms with Crippen LogP contribution in [0, 0.1) is 0 Å². The molecule has 2 fully saturated rings. The monoisotopic (exact) mass is 362 g/mol. The minimum atomic E-state index is 0.152. The third-order valence-electron chi connectivity index (χ3n) is 5.11. The number of ether oxygens (including phenoxy) is 2. The normalized spacial score (nSPS) is 23.8. The van der Waals surface area contributed by atoms with Gasteiger partial charge in [0.2, 0.25) is 0 Å². The number of fused-ring (bicyclic) bond motifs is 1. The number of nitrogens with one attached hydrogen (secondary N) is 1. The van der Waals surface area contributed by atoms with Crippen LogP contribution in [0.5, 0.6) is 0 Å². The molecule has 138 valence electrons. The highest BCUT2D eigenvalue weighted by atomic mass is 16.6. The van der Waals surface area contributed by atoms with E-state index < -0.39 is 0 Å². The molecule has 3 atom stereocenters. The van der Waals surface area contributed by atoms with Crippen LogP contribution in [0.1, 0.15) is 16.8 Å². The van der Waals surface area contributed by atoms with Gasteiger partial charge >= 0.3 is 0 Å². The molecular weight excluding hydrogens is 340 g/mol. The maximum Gasteiger partial charge on any atom is 0.113 e. The molecule has 2 aromatic carbocycles.